The van der Waals surface area contributed by atoms with Crippen molar-refractivity contribution in [1.29, 1.82) is 0 Å². The zero-order valence-corrected chi connectivity index (χ0v) is 13.0. The number of ether oxygens (including phenoxy) is 1. The molecule has 1 aromatic heterocycles. The fourth-order valence-corrected chi connectivity index (χ4v) is 2.46. The van der Waals surface area contributed by atoms with Gasteiger partial charge in [-0.15, -0.1) is 0 Å². The number of hydrogen-bond donors (Lipinski definition) is 1. The van der Waals surface area contributed by atoms with Crippen LogP contribution in [0.15, 0.2) is 53.5 Å². The van der Waals surface area contributed by atoms with Gasteiger partial charge in [0.2, 0.25) is 5.43 Å². The van der Waals surface area contributed by atoms with Crippen molar-refractivity contribution in [3.05, 3.63) is 68.0 Å². The molecule has 2 aromatic carbocycles. The molecule has 1 heterocycles. The van der Waals surface area contributed by atoms with Crippen LogP contribution < -0.4 is 10.2 Å². The van der Waals surface area contributed by atoms with Gasteiger partial charge < -0.3 is 9.72 Å². The van der Waals surface area contributed by atoms with Gasteiger partial charge in [0.25, 0.3) is 0 Å². The van der Waals surface area contributed by atoms with Crippen LogP contribution in [0.3, 0.4) is 0 Å². The van der Waals surface area contributed by atoms with E-state index in [1.807, 2.05) is 65.9 Å². The number of hydrogen-bond acceptors (Lipinski definition) is 2. The molecule has 3 aromatic rings. The molecule has 0 spiro atoms. The van der Waals surface area contributed by atoms with Crippen LogP contribution in [0.4, 0.5) is 0 Å². The Balaban J connectivity index is 2.10. The van der Waals surface area contributed by atoms with E-state index in [4.69, 9.17) is 4.74 Å². The summed E-state index contributed by atoms with van der Waals surface area (Å²) in [7, 11) is 0. The highest BCUT2D eigenvalue weighted by atomic mass is 127. The van der Waals surface area contributed by atoms with Crippen LogP contribution in [0.2, 0.25) is 0 Å². The minimum absolute atomic E-state index is 0.0220. The Morgan fingerprint density at radius 3 is 2.60 bits per heavy atom. The summed E-state index contributed by atoms with van der Waals surface area (Å²) >= 11 is 2.03. The Kier molecular flexibility index (Phi) is 3.48. The highest BCUT2D eigenvalue weighted by Gasteiger charge is 2.08. The first kappa shape index (κ1) is 13.2. The van der Waals surface area contributed by atoms with E-state index in [0.717, 1.165) is 11.3 Å². The molecule has 0 radical (unpaired) electrons. The van der Waals surface area contributed by atoms with Gasteiger partial charge >= 0.3 is 0 Å². The molecule has 4 heteroatoms. The standard InChI is InChI=1S/C16H12INO2/c1-10-5-7-11(8-6-10)20-14-4-2-3-12-15(14)18-9-13(17)16(12)19/h2-9H,1H3,(H,18,19). The molecule has 0 bridgehead atoms. The first-order valence-electron chi connectivity index (χ1n) is 6.19. The van der Waals surface area contributed by atoms with Crippen LogP contribution in [0.5, 0.6) is 11.5 Å². The van der Waals surface area contributed by atoms with Gasteiger partial charge in [0, 0.05) is 6.20 Å². The molecule has 100 valence electrons. The minimum atomic E-state index is 0.0220. The molecule has 0 aliphatic rings. The van der Waals surface area contributed by atoms with Gasteiger partial charge in [0.1, 0.15) is 5.75 Å². The molecule has 0 unspecified atom stereocenters. The van der Waals surface area contributed by atoms with E-state index in [0.29, 0.717) is 14.7 Å². The van der Waals surface area contributed by atoms with Crippen LogP contribution in [0.1, 0.15) is 5.56 Å². The third-order valence-electron chi connectivity index (χ3n) is 3.08. The van der Waals surface area contributed by atoms with E-state index in [1.54, 1.807) is 12.3 Å². The molecular formula is C16H12INO2. The molecule has 0 fully saturated rings. The van der Waals surface area contributed by atoms with Gasteiger partial charge in [-0.05, 0) is 53.8 Å². The van der Waals surface area contributed by atoms with Crippen LogP contribution in [0, 0.1) is 10.5 Å². The van der Waals surface area contributed by atoms with E-state index >= 15 is 0 Å². The Morgan fingerprint density at radius 1 is 1.10 bits per heavy atom. The quantitative estimate of drug-likeness (QED) is 0.679. The first-order valence-corrected chi connectivity index (χ1v) is 7.27. The molecule has 3 rings (SSSR count). The molecule has 0 aliphatic carbocycles. The molecule has 0 saturated heterocycles. The van der Waals surface area contributed by atoms with Crippen LogP contribution in [0.25, 0.3) is 10.9 Å². The summed E-state index contributed by atoms with van der Waals surface area (Å²) in [4.78, 5) is 15.2. The molecular weight excluding hydrogens is 365 g/mol. The molecule has 1 N–H and O–H groups in total. The van der Waals surface area contributed by atoms with E-state index in [1.165, 1.54) is 5.56 Å². The Bertz CT molecular complexity index is 822. The normalized spacial score (nSPS) is 10.7. The fourth-order valence-electron chi connectivity index (χ4n) is 2.02. The smallest absolute Gasteiger partial charge is 0.202 e. The predicted octanol–water partition coefficient (Wildman–Crippen LogP) is 4.23. The summed E-state index contributed by atoms with van der Waals surface area (Å²) in [6.07, 6.45) is 1.70. The van der Waals surface area contributed by atoms with Crippen molar-refractivity contribution >= 4 is 33.5 Å². The monoisotopic (exact) mass is 377 g/mol. The van der Waals surface area contributed by atoms with Crippen molar-refractivity contribution in [2.75, 3.05) is 0 Å². The van der Waals surface area contributed by atoms with Crippen LogP contribution in [-0.4, -0.2) is 4.98 Å². The second-order valence-electron chi connectivity index (χ2n) is 4.56. The van der Waals surface area contributed by atoms with Crippen LogP contribution in [-0.2, 0) is 0 Å². The number of rotatable bonds is 2. The summed E-state index contributed by atoms with van der Waals surface area (Å²) in [6.45, 7) is 2.03. The van der Waals surface area contributed by atoms with Crippen LogP contribution >= 0.6 is 22.6 Å². The van der Waals surface area contributed by atoms with Crippen molar-refractivity contribution in [1.82, 2.24) is 4.98 Å². The number of aryl methyl sites for hydroxylation is 1. The number of nitrogens with one attached hydrogen (secondary N) is 1. The SMILES string of the molecule is Cc1ccc(Oc2cccc3c(=O)c(I)c[nH]c23)cc1. The lowest BCUT2D eigenvalue weighted by Crippen LogP contribution is -2.06. The highest BCUT2D eigenvalue weighted by molar-refractivity contribution is 14.1. The number of aromatic nitrogens is 1. The van der Waals surface area contributed by atoms with Crippen molar-refractivity contribution in [2.24, 2.45) is 0 Å². The van der Waals surface area contributed by atoms with E-state index in [-0.39, 0.29) is 5.43 Å². The predicted molar refractivity (Wildman–Crippen MR) is 88.5 cm³/mol. The average molecular weight is 377 g/mol. The Labute approximate surface area is 129 Å². The lowest BCUT2D eigenvalue weighted by atomic mass is 10.2. The summed E-state index contributed by atoms with van der Waals surface area (Å²) < 4.78 is 6.54. The minimum Gasteiger partial charge on any atom is -0.455 e. The van der Waals surface area contributed by atoms with Gasteiger partial charge in [0.05, 0.1) is 14.5 Å². The molecule has 0 amide bonds. The lowest BCUT2D eigenvalue weighted by Gasteiger charge is -2.09. The average Bonchev–Trinajstić information content (AvgIpc) is 2.46. The first-order chi connectivity index (χ1) is 9.65. The second-order valence-corrected chi connectivity index (χ2v) is 5.72. The maximum atomic E-state index is 12.1. The number of para-hydroxylation sites is 1. The molecule has 3 nitrogen and oxygen atoms in total. The van der Waals surface area contributed by atoms with E-state index in [9.17, 15) is 4.79 Å². The maximum absolute atomic E-state index is 12.1. The molecule has 0 aliphatic heterocycles. The number of pyridine rings is 1. The summed E-state index contributed by atoms with van der Waals surface area (Å²) in [5.41, 5.74) is 1.92. The van der Waals surface area contributed by atoms with Crippen molar-refractivity contribution < 1.29 is 4.74 Å². The third kappa shape index (κ3) is 2.43. The Hall–Kier alpha value is -1.82. The van der Waals surface area contributed by atoms with Crippen molar-refractivity contribution in [2.45, 2.75) is 6.92 Å². The van der Waals surface area contributed by atoms with Crippen molar-refractivity contribution in [3.8, 4) is 11.5 Å². The highest BCUT2D eigenvalue weighted by Crippen LogP contribution is 2.27. The fraction of sp³-hybridized carbons (Fsp3) is 0.0625. The zero-order valence-electron chi connectivity index (χ0n) is 10.8. The molecule has 0 atom stereocenters. The van der Waals surface area contributed by atoms with Gasteiger partial charge in [-0.1, -0.05) is 23.8 Å². The number of halogens is 1. The number of fused-ring (bicyclic) bond motifs is 1. The number of benzene rings is 2. The van der Waals surface area contributed by atoms with Gasteiger partial charge in [-0.3, -0.25) is 4.79 Å². The largest absolute Gasteiger partial charge is 0.455 e. The van der Waals surface area contributed by atoms with Gasteiger partial charge in [0.15, 0.2) is 5.75 Å². The third-order valence-corrected chi connectivity index (χ3v) is 3.88. The number of H-pyrrole nitrogens is 1. The zero-order chi connectivity index (χ0) is 14.1. The number of aromatic amines is 1. The van der Waals surface area contributed by atoms with E-state index < -0.39 is 0 Å². The second kappa shape index (κ2) is 5.28. The summed E-state index contributed by atoms with van der Waals surface area (Å²) in [5.74, 6) is 1.40. The summed E-state index contributed by atoms with van der Waals surface area (Å²) in [6, 6.07) is 13.3. The van der Waals surface area contributed by atoms with E-state index in [2.05, 4.69) is 4.98 Å². The van der Waals surface area contributed by atoms with Crippen molar-refractivity contribution in [3.63, 3.8) is 0 Å². The lowest BCUT2D eigenvalue weighted by molar-refractivity contribution is 0.487. The summed E-state index contributed by atoms with van der Waals surface area (Å²) in [5, 5.41) is 0.640. The van der Waals surface area contributed by atoms with Gasteiger partial charge in [-0.2, -0.15) is 0 Å². The maximum Gasteiger partial charge on any atom is 0.202 e. The molecule has 0 saturated carbocycles. The van der Waals surface area contributed by atoms with Gasteiger partial charge in [-0.25, -0.2) is 0 Å². The topological polar surface area (TPSA) is 42.1 Å². The molecule has 20 heavy (non-hydrogen) atoms. The Morgan fingerprint density at radius 2 is 1.85 bits per heavy atom.